The average molecular weight is 243 g/mol. The Morgan fingerprint density at radius 2 is 2.06 bits per heavy atom. The summed E-state index contributed by atoms with van der Waals surface area (Å²) < 4.78 is 10.4. The van der Waals surface area contributed by atoms with E-state index in [4.69, 9.17) is 9.47 Å². The van der Waals surface area contributed by atoms with Gasteiger partial charge in [-0.3, -0.25) is 4.79 Å². The minimum absolute atomic E-state index is 0.235. The van der Waals surface area contributed by atoms with Gasteiger partial charge in [0, 0.05) is 6.61 Å². The summed E-state index contributed by atoms with van der Waals surface area (Å²) in [5.74, 6) is -0.662. The Balaban J connectivity index is 2.40. The summed E-state index contributed by atoms with van der Waals surface area (Å²) in [7, 11) is 0. The predicted molar refractivity (Wildman–Crippen MR) is 62.4 cm³/mol. The first kappa shape index (κ1) is 14.0. The van der Waals surface area contributed by atoms with Crippen molar-refractivity contribution < 1.29 is 19.1 Å². The summed E-state index contributed by atoms with van der Waals surface area (Å²) in [6.45, 7) is 7.60. The number of carbonyl (C=O) groups is 2. The lowest BCUT2D eigenvalue weighted by Gasteiger charge is -2.23. The van der Waals surface area contributed by atoms with Crippen molar-refractivity contribution in [2.24, 2.45) is 0 Å². The monoisotopic (exact) mass is 243 g/mol. The first-order valence-electron chi connectivity index (χ1n) is 5.94. The van der Waals surface area contributed by atoms with Crippen molar-refractivity contribution in [3.05, 3.63) is 0 Å². The molecule has 2 atom stereocenters. The van der Waals surface area contributed by atoms with Crippen LogP contribution in [0.5, 0.6) is 0 Å². The lowest BCUT2D eigenvalue weighted by molar-refractivity contribution is -0.158. The van der Waals surface area contributed by atoms with Crippen molar-refractivity contribution in [3.63, 3.8) is 0 Å². The molecule has 0 aromatic carbocycles. The first-order chi connectivity index (χ1) is 7.79. The zero-order chi connectivity index (χ0) is 13.1. The second kappa shape index (κ2) is 5.49. The van der Waals surface area contributed by atoms with Crippen LogP contribution in [0.4, 0.5) is 0 Å². The van der Waals surface area contributed by atoms with Crippen LogP contribution in [0, 0.1) is 0 Å². The van der Waals surface area contributed by atoms with Gasteiger partial charge in [0.05, 0.1) is 0 Å². The normalized spacial score (nSPS) is 22.0. The zero-order valence-electron chi connectivity index (χ0n) is 10.9. The van der Waals surface area contributed by atoms with Gasteiger partial charge in [0.15, 0.2) is 0 Å². The van der Waals surface area contributed by atoms with E-state index in [1.165, 1.54) is 0 Å². The zero-order valence-corrected chi connectivity index (χ0v) is 10.9. The fourth-order valence-corrected chi connectivity index (χ4v) is 1.54. The second-order valence-corrected chi connectivity index (χ2v) is 5.27. The van der Waals surface area contributed by atoms with Gasteiger partial charge < -0.3 is 14.8 Å². The number of hydrogen-bond donors (Lipinski definition) is 1. The van der Waals surface area contributed by atoms with Crippen LogP contribution in [0.1, 0.15) is 40.5 Å². The number of hydrogen-bond acceptors (Lipinski definition) is 4. The second-order valence-electron chi connectivity index (χ2n) is 5.27. The van der Waals surface area contributed by atoms with Gasteiger partial charge in [-0.1, -0.05) is 0 Å². The lowest BCUT2D eigenvalue weighted by Crippen LogP contribution is -2.45. The van der Waals surface area contributed by atoms with Crippen LogP contribution in [-0.4, -0.2) is 36.2 Å². The molecule has 5 nitrogen and oxygen atoms in total. The molecule has 0 unspecified atom stereocenters. The van der Waals surface area contributed by atoms with Gasteiger partial charge in [0.2, 0.25) is 5.91 Å². The molecule has 1 N–H and O–H groups in total. The maximum atomic E-state index is 11.7. The topological polar surface area (TPSA) is 64.6 Å². The van der Waals surface area contributed by atoms with E-state index in [1.807, 2.05) is 0 Å². The highest BCUT2D eigenvalue weighted by Gasteiger charge is 2.28. The SMILES string of the molecule is C[C@H](NC(=O)[C@@H]1CCCO1)C(=O)OC(C)(C)C. The summed E-state index contributed by atoms with van der Waals surface area (Å²) >= 11 is 0. The summed E-state index contributed by atoms with van der Waals surface area (Å²) in [5, 5.41) is 2.61. The van der Waals surface area contributed by atoms with E-state index in [0.29, 0.717) is 13.0 Å². The van der Waals surface area contributed by atoms with Crippen LogP contribution in [0.25, 0.3) is 0 Å². The van der Waals surface area contributed by atoms with Crippen LogP contribution in [0.3, 0.4) is 0 Å². The van der Waals surface area contributed by atoms with Crippen molar-refractivity contribution in [2.75, 3.05) is 6.61 Å². The Labute approximate surface area is 102 Å². The summed E-state index contributed by atoms with van der Waals surface area (Å²) in [6, 6.07) is -0.647. The molecule has 5 heteroatoms. The van der Waals surface area contributed by atoms with E-state index in [1.54, 1.807) is 27.7 Å². The minimum atomic E-state index is -0.647. The van der Waals surface area contributed by atoms with Crippen molar-refractivity contribution in [3.8, 4) is 0 Å². The maximum absolute atomic E-state index is 11.7. The fourth-order valence-electron chi connectivity index (χ4n) is 1.54. The smallest absolute Gasteiger partial charge is 0.328 e. The van der Waals surface area contributed by atoms with Crippen molar-refractivity contribution >= 4 is 11.9 Å². The largest absolute Gasteiger partial charge is 0.458 e. The molecule has 1 fully saturated rings. The quantitative estimate of drug-likeness (QED) is 0.751. The summed E-state index contributed by atoms with van der Waals surface area (Å²) in [5.41, 5.74) is -0.542. The number of rotatable bonds is 3. The Hall–Kier alpha value is -1.10. The molecule has 1 saturated heterocycles. The van der Waals surface area contributed by atoms with Gasteiger partial charge in [0.25, 0.3) is 0 Å². The molecular formula is C12H21NO4. The van der Waals surface area contributed by atoms with E-state index < -0.39 is 23.7 Å². The molecule has 17 heavy (non-hydrogen) atoms. The molecule has 0 saturated carbocycles. The molecule has 98 valence electrons. The lowest BCUT2D eigenvalue weighted by atomic mass is 10.2. The van der Waals surface area contributed by atoms with E-state index in [-0.39, 0.29) is 5.91 Å². The number of amides is 1. The standard InChI is InChI=1S/C12H21NO4/c1-8(11(15)17-12(2,3)4)13-10(14)9-6-5-7-16-9/h8-9H,5-7H2,1-4H3,(H,13,14)/t8-,9-/m0/s1. The molecular weight excluding hydrogens is 222 g/mol. The highest BCUT2D eigenvalue weighted by atomic mass is 16.6. The molecule has 1 amide bonds. The Morgan fingerprint density at radius 3 is 2.53 bits per heavy atom. The molecule has 1 rings (SSSR count). The average Bonchev–Trinajstić information content (AvgIpc) is 2.67. The third-order valence-electron chi connectivity index (χ3n) is 2.34. The van der Waals surface area contributed by atoms with Crippen LogP contribution in [0.15, 0.2) is 0 Å². The number of nitrogens with one attached hydrogen (secondary N) is 1. The Kier molecular flexibility index (Phi) is 4.51. The highest BCUT2D eigenvalue weighted by molar-refractivity contribution is 5.86. The third-order valence-corrected chi connectivity index (χ3v) is 2.34. The maximum Gasteiger partial charge on any atom is 0.328 e. The number of esters is 1. The van der Waals surface area contributed by atoms with Gasteiger partial charge >= 0.3 is 5.97 Å². The molecule has 1 aliphatic heterocycles. The summed E-state index contributed by atoms with van der Waals surface area (Å²) in [4.78, 5) is 23.3. The van der Waals surface area contributed by atoms with E-state index >= 15 is 0 Å². The van der Waals surface area contributed by atoms with Gasteiger partial charge in [-0.05, 0) is 40.5 Å². The van der Waals surface area contributed by atoms with E-state index in [2.05, 4.69) is 5.32 Å². The van der Waals surface area contributed by atoms with Crippen LogP contribution in [0.2, 0.25) is 0 Å². The number of ether oxygens (including phenoxy) is 2. The minimum Gasteiger partial charge on any atom is -0.458 e. The molecule has 0 aromatic heterocycles. The summed E-state index contributed by atoms with van der Waals surface area (Å²) in [6.07, 6.45) is 1.19. The van der Waals surface area contributed by atoms with Gasteiger partial charge in [-0.2, -0.15) is 0 Å². The van der Waals surface area contributed by atoms with Crippen LogP contribution in [-0.2, 0) is 19.1 Å². The predicted octanol–water partition coefficient (Wildman–Crippen LogP) is 1.01. The fraction of sp³-hybridized carbons (Fsp3) is 0.833. The Bertz CT molecular complexity index is 289. The molecule has 0 aliphatic carbocycles. The number of carbonyl (C=O) groups excluding carboxylic acids is 2. The van der Waals surface area contributed by atoms with E-state index in [0.717, 1.165) is 6.42 Å². The third kappa shape index (κ3) is 4.73. The molecule has 0 aromatic rings. The molecule has 1 aliphatic rings. The van der Waals surface area contributed by atoms with Crippen molar-refractivity contribution in [1.29, 1.82) is 0 Å². The van der Waals surface area contributed by atoms with Crippen LogP contribution >= 0.6 is 0 Å². The Morgan fingerprint density at radius 1 is 1.41 bits per heavy atom. The molecule has 0 bridgehead atoms. The van der Waals surface area contributed by atoms with Gasteiger partial charge in [-0.15, -0.1) is 0 Å². The van der Waals surface area contributed by atoms with Gasteiger partial charge in [-0.25, -0.2) is 4.79 Å². The first-order valence-corrected chi connectivity index (χ1v) is 5.94. The molecule has 1 heterocycles. The molecule has 0 radical (unpaired) electrons. The highest BCUT2D eigenvalue weighted by Crippen LogP contribution is 2.13. The van der Waals surface area contributed by atoms with Crippen molar-refractivity contribution in [1.82, 2.24) is 5.32 Å². The van der Waals surface area contributed by atoms with E-state index in [9.17, 15) is 9.59 Å². The molecule has 0 spiro atoms. The van der Waals surface area contributed by atoms with Crippen molar-refractivity contribution in [2.45, 2.75) is 58.3 Å². The van der Waals surface area contributed by atoms with Crippen LogP contribution < -0.4 is 5.32 Å². The van der Waals surface area contributed by atoms with Gasteiger partial charge in [0.1, 0.15) is 17.7 Å².